The second-order valence-corrected chi connectivity index (χ2v) is 5.12. The Kier molecular flexibility index (Phi) is 3.43. The van der Waals surface area contributed by atoms with E-state index in [9.17, 15) is 0 Å². The van der Waals surface area contributed by atoms with E-state index in [1.165, 1.54) is 19.3 Å². The lowest BCUT2D eigenvalue weighted by atomic mass is 9.77. The first-order valence-corrected chi connectivity index (χ1v) is 6.42. The van der Waals surface area contributed by atoms with Crippen molar-refractivity contribution in [3.8, 4) is 5.75 Å². The standard InChI is InChI=1S/C13H23N3O/c1-10-12(11(2)16(4)15-10)17-13(6-5-7-13)8-9-14-3/h14H,5-9H2,1-4H3. The van der Waals surface area contributed by atoms with Crippen molar-refractivity contribution in [3.63, 3.8) is 0 Å². The fourth-order valence-corrected chi connectivity index (χ4v) is 2.45. The van der Waals surface area contributed by atoms with E-state index in [2.05, 4.69) is 17.3 Å². The first-order chi connectivity index (χ1) is 8.08. The molecule has 0 spiro atoms. The lowest BCUT2D eigenvalue weighted by molar-refractivity contribution is -0.0150. The zero-order valence-electron chi connectivity index (χ0n) is 11.3. The predicted octanol–water partition coefficient (Wildman–Crippen LogP) is 1.95. The number of hydrogen-bond donors (Lipinski definition) is 1. The molecule has 0 aromatic carbocycles. The second kappa shape index (κ2) is 4.69. The molecule has 1 heterocycles. The molecule has 4 nitrogen and oxygen atoms in total. The molecule has 1 saturated carbocycles. The predicted molar refractivity (Wildman–Crippen MR) is 68.4 cm³/mol. The van der Waals surface area contributed by atoms with Gasteiger partial charge in [-0.25, -0.2) is 0 Å². The van der Waals surface area contributed by atoms with Crippen molar-refractivity contribution in [2.24, 2.45) is 7.05 Å². The van der Waals surface area contributed by atoms with E-state index in [0.29, 0.717) is 0 Å². The minimum atomic E-state index is 0.0571. The molecule has 1 aliphatic rings. The van der Waals surface area contributed by atoms with Gasteiger partial charge in [-0.15, -0.1) is 0 Å². The van der Waals surface area contributed by atoms with Gasteiger partial charge in [0.2, 0.25) is 0 Å². The zero-order chi connectivity index (χ0) is 12.5. The molecule has 1 fully saturated rings. The van der Waals surface area contributed by atoms with Crippen LogP contribution in [0.4, 0.5) is 0 Å². The van der Waals surface area contributed by atoms with Gasteiger partial charge in [-0.2, -0.15) is 5.10 Å². The van der Waals surface area contributed by atoms with Crippen LogP contribution in [0.2, 0.25) is 0 Å². The SMILES string of the molecule is CNCCC1(Oc2c(C)nn(C)c2C)CCC1. The molecule has 0 atom stereocenters. The third kappa shape index (κ3) is 2.32. The van der Waals surface area contributed by atoms with E-state index < -0.39 is 0 Å². The Morgan fingerprint density at radius 3 is 2.53 bits per heavy atom. The van der Waals surface area contributed by atoms with Crippen LogP contribution in [-0.4, -0.2) is 29.0 Å². The molecule has 0 radical (unpaired) electrons. The molecule has 2 rings (SSSR count). The molecule has 17 heavy (non-hydrogen) atoms. The summed E-state index contributed by atoms with van der Waals surface area (Å²) in [5.41, 5.74) is 2.18. The molecule has 1 aliphatic carbocycles. The summed E-state index contributed by atoms with van der Waals surface area (Å²) in [4.78, 5) is 0. The summed E-state index contributed by atoms with van der Waals surface area (Å²) >= 11 is 0. The molecule has 0 bridgehead atoms. The maximum atomic E-state index is 6.30. The minimum Gasteiger partial charge on any atom is -0.483 e. The highest BCUT2D eigenvalue weighted by molar-refractivity contribution is 5.32. The fourth-order valence-electron chi connectivity index (χ4n) is 2.45. The minimum absolute atomic E-state index is 0.0571. The van der Waals surface area contributed by atoms with E-state index >= 15 is 0 Å². The van der Waals surface area contributed by atoms with E-state index in [-0.39, 0.29) is 5.60 Å². The van der Waals surface area contributed by atoms with Crippen LogP contribution in [0, 0.1) is 13.8 Å². The number of nitrogens with one attached hydrogen (secondary N) is 1. The van der Waals surface area contributed by atoms with Gasteiger partial charge in [-0.3, -0.25) is 4.68 Å². The monoisotopic (exact) mass is 237 g/mol. The van der Waals surface area contributed by atoms with Crippen molar-refractivity contribution in [2.45, 2.75) is 45.1 Å². The van der Waals surface area contributed by atoms with Crippen molar-refractivity contribution >= 4 is 0 Å². The van der Waals surface area contributed by atoms with E-state index in [4.69, 9.17) is 4.74 Å². The Balaban J connectivity index is 2.12. The normalized spacial score (nSPS) is 17.9. The smallest absolute Gasteiger partial charge is 0.163 e. The van der Waals surface area contributed by atoms with Gasteiger partial charge in [0, 0.05) is 7.05 Å². The fraction of sp³-hybridized carbons (Fsp3) is 0.769. The lowest BCUT2D eigenvalue weighted by Gasteiger charge is -2.42. The third-order valence-electron chi connectivity index (χ3n) is 3.86. The van der Waals surface area contributed by atoms with Crippen LogP contribution in [0.5, 0.6) is 5.75 Å². The molecule has 0 unspecified atom stereocenters. The van der Waals surface area contributed by atoms with Gasteiger partial charge in [-0.05, 0) is 53.1 Å². The maximum absolute atomic E-state index is 6.30. The largest absolute Gasteiger partial charge is 0.483 e. The van der Waals surface area contributed by atoms with Gasteiger partial charge in [0.25, 0.3) is 0 Å². The van der Waals surface area contributed by atoms with Crippen LogP contribution in [0.3, 0.4) is 0 Å². The molecule has 0 amide bonds. The Hall–Kier alpha value is -1.03. The van der Waals surface area contributed by atoms with Gasteiger partial charge in [-0.1, -0.05) is 0 Å². The number of aromatic nitrogens is 2. The van der Waals surface area contributed by atoms with E-state index in [0.717, 1.165) is 30.1 Å². The van der Waals surface area contributed by atoms with Crippen LogP contribution in [-0.2, 0) is 7.05 Å². The van der Waals surface area contributed by atoms with Crippen molar-refractivity contribution in [1.29, 1.82) is 0 Å². The first kappa shape index (κ1) is 12.4. The third-order valence-corrected chi connectivity index (χ3v) is 3.86. The van der Waals surface area contributed by atoms with Crippen LogP contribution < -0.4 is 10.1 Å². The lowest BCUT2D eigenvalue weighted by Crippen LogP contribution is -2.45. The van der Waals surface area contributed by atoms with Gasteiger partial charge in [0.1, 0.15) is 11.3 Å². The number of aryl methyl sites for hydroxylation is 2. The first-order valence-electron chi connectivity index (χ1n) is 6.42. The molecule has 4 heteroatoms. The average Bonchev–Trinajstić information content (AvgIpc) is 2.48. The van der Waals surface area contributed by atoms with Crippen LogP contribution in [0.25, 0.3) is 0 Å². The quantitative estimate of drug-likeness (QED) is 0.850. The van der Waals surface area contributed by atoms with Crippen LogP contribution in [0.15, 0.2) is 0 Å². The van der Waals surface area contributed by atoms with Crippen LogP contribution in [0.1, 0.15) is 37.1 Å². The van der Waals surface area contributed by atoms with Crippen molar-refractivity contribution in [3.05, 3.63) is 11.4 Å². The molecule has 0 aliphatic heterocycles. The summed E-state index contributed by atoms with van der Waals surface area (Å²) in [6.45, 7) is 5.10. The molecule has 0 saturated heterocycles. The molecule has 1 N–H and O–H groups in total. The molecule has 1 aromatic rings. The highest BCUT2D eigenvalue weighted by Gasteiger charge is 2.39. The highest BCUT2D eigenvalue weighted by Crippen LogP contribution is 2.40. The summed E-state index contributed by atoms with van der Waals surface area (Å²) in [6, 6.07) is 0. The van der Waals surface area contributed by atoms with Crippen molar-refractivity contribution in [1.82, 2.24) is 15.1 Å². The molecule has 96 valence electrons. The Bertz CT molecular complexity index is 394. The number of nitrogens with zero attached hydrogens (tertiary/aromatic N) is 2. The van der Waals surface area contributed by atoms with E-state index in [1.54, 1.807) is 0 Å². The Labute approximate surface area is 103 Å². The zero-order valence-corrected chi connectivity index (χ0v) is 11.3. The van der Waals surface area contributed by atoms with Crippen LogP contribution >= 0.6 is 0 Å². The maximum Gasteiger partial charge on any atom is 0.163 e. The van der Waals surface area contributed by atoms with Gasteiger partial charge < -0.3 is 10.1 Å². The Morgan fingerprint density at radius 2 is 2.12 bits per heavy atom. The van der Waals surface area contributed by atoms with Gasteiger partial charge in [0.05, 0.1) is 5.69 Å². The average molecular weight is 237 g/mol. The summed E-state index contributed by atoms with van der Waals surface area (Å²) in [6.07, 6.45) is 4.70. The summed E-state index contributed by atoms with van der Waals surface area (Å²) < 4.78 is 8.20. The Morgan fingerprint density at radius 1 is 1.41 bits per heavy atom. The summed E-state index contributed by atoms with van der Waals surface area (Å²) in [7, 11) is 3.96. The summed E-state index contributed by atoms with van der Waals surface area (Å²) in [5.74, 6) is 0.989. The van der Waals surface area contributed by atoms with Gasteiger partial charge in [0.15, 0.2) is 5.75 Å². The molecular weight excluding hydrogens is 214 g/mol. The number of ether oxygens (including phenoxy) is 1. The van der Waals surface area contributed by atoms with E-state index in [1.807, 2.05) is 25.7 Å². The molecular formula is C13H23N3O. The second-order valence-electron chi connectivity index (χ2n) is 5.12. The summed E-state index contributed by atoms with van der Waals surface area (Å²) in [5, 5.41) is 7.62. The number of rotatable bonds is 5. The highest BCUT2D eigenvalue weighted by atomic mass is 16.5. The van der Waals surface area contributed by atoms with Gasteiger partial charge >= 0.3 is 0 Å². The van der Waals surface area contributed by atoms with Crippen molar-refractivity contribution < 1.29 is 4.74 Å². The molecule has 1 aromatic heterocycles. The van der Waals surface area contributed by atoms with Crippen molar-refractivity contribution in [2.75, 3.05) is 13.6 Å². The number of hydrogen-bond acceptors (Lipinski definition) is 3. The topological polar surface area (TPSA) is 39.1 Å².